The molecular weight excluding hydrogens is 368 g/mol. The monoisotopic (exact) mass is 392 g/mol. The largest absolute Gasteiger partial charge is 0.497 e. The number of ether oxygens (including phenoxy) is 2. The van der Waals surface area contributed by atoms with Crippen molar-refractivity contribution >= 4 is 0 Å². The highest BCUT2D eigenvalue weighted by Gasteiger charge is 2.21. The van der Waals surface area contributed by atoms with E-state index in [1.165, 1.54) is 0 Å². The molecule has 0 atom stereocenters. The zero-order chi connectivity index (χ0) is 20.4. The second kappa shape index (κ2) is 8.05. The van der Waals surface area contributed by atoms with Crippen LogP contribution in [-0.4, -0.2) is 40.6 Å². The van der Waals surface area contributed by atoms with Crippen LogP contribution < -0.4 is 15.0 Å². The van der Waals surface area contributed by atoms with Gasteiger partial charge in [0.25, 0.3) is 5.56 Å². The number of aromatic nitrogens is 3. The summed E-state index contributed by atoms with van der Waals surface area (Å²) in [6.07, 6.45) is 2.66. The summed E-state index contributed by atoms with van der Waals surface area (Å²) in [5.41, 5.74) is 4.46. The molecule has 1 aromatic carbocycles. The maximum absolute atomic E-state index is 12.2. The Balaban J connectivity index is 1.52. The maximum atomic E-state index is 12.2. The third-order valence-corrected chi connectivity index (χ3v) is 5.18. The van der Waals surface area contributed by atoms with Crippen LogP contribution >= 0.6 is 0 Å². The fourth-order valence-corrected chi connectivity index (χ4v) is 3.69. The fourth-order valence-electron chi connectivity index (χ4n) is 3.69. The number of pyridine rings is 1. The van der Waals surface area contributed by atoms with E-state index in [1.54, 1.807) is 14.2 Å². The lowest BCUT2D eigenvalue weighted by atomic mass is 10.1. The first kappa shape index (κ1) is 19.1. The van der Waals surface area contributed by atoms with Crippen LogP contribution in [0.25, 0.3) is 11.3 Å². The molecule has 0 saturated heterocycles. The normalized spacial score (nSPS) is 13.8. The van der Waals surface area contributed by atoms with Crippen LogP contribution in [0.15, 0.2) is 41.3 Å². The molecule has 1 N–H and O–H groups in total. The van der Waals surface area contributed by atoms with E-state index in [0.29, 0.717) is 12.4 Å². The number of hydrogen-bond acceptors (Lipinski definition) is 6. The minimum atomic E-state index is -0.0317. The summed E-state index contributed by atoms with van der Waals surface area (Å²) >= 11 is 0. The van der Waals surface area contributed by atoms with Gasteiger partial charge in [0.15, 0.2) is 0 Å². The highest BCUT2D eigenvalue weighted by Crippen LogP contribution is 2.32. The molecule has 0 bridgehead atoms. The number of H-pyrrole nitrogens is 1. The van der Waals surface area contributed by atoms with Crippen LogP contribution in [0.1, 0.15) is 22.6 Å². The van der Waals surface area contributed by atoms with Crippen LogP contribution in [-0.2, 0) is 19.5 Å². The SMILES string of the molecule is COc1ccc(OC)c(-c2ccc(CN3CCc4nc(C)[nH]c(=O)c4C3)cn2)c1. The molecule has 0 aliphatic carbocycles. The van der Waals surface area contributed by atoms with Gasteiger partial charge in [0, 0.05) is 37.8 Å². The Labute approximate surface area is 169 Å². The third kappa shape index (κ3) is 4.00. The second-order valence-electron chi connectivity index (χ2n) is 7.16. The lowest BCUT2D eigenvalue weighted by molar-refractivity contribution is 0.241. The topological polar surface area (TPSA) is 80.3 Å². The molecule has 7 heteroatoms. The summed E-state index contributed by atoms with van der Waals surface area (Å²) in [4.78, 5) is 26.4. The predicted molar refractivity (Wildman–Crippen MR) is 110 cm³/mol. The molecule has 2 aromatic heterocycles. The van der Waals surface area contributed by atoms with E-state index in [9.17, 15) is 4.79 Å². The fraction of sp³-hybridized carbons (Fsp3) is 0.318. The molecule has 1 aliphatic heterocycles. The van der Waals surface area contributed by atoms with Crippen LogP contribution in [0.3, 0.4) is 0 Å². The molecule has 7 nitrogen and oxygen atoms in total. The van der Waals surface area contributed by atoms with Crippen LogP contribution in [0.2, 0.25) is 0 Å². The minimum Gasteiger partial charge on any atom is -0.497 e. The highest BCUT2D eigenvalue weighted by atomic mass is 16.5. The molecule has 3 heterocycles. The molecule has 3 aromatic rings. The van der Waals surface area contributed by atoms with E-state index in [0.717, 1.165) is 59.1 Å². The molecule has 0 spiro atoms. The van der Waals surface area contributed by atoms with E-state index in [4.69, 9.17) is 9.47 Å². The van der Waals surface area contributed by atoms with Gasteiger partial charge in [-0.2, -0.15) is 0 Å². The van der Waals surface area contributed by atoms with Gasteiger partial charge in [-0.1, -0.05) is 6.07 Å². The number of methoxy groups -OCH3 is 2. The van der Waals surface area contributed by atoms with E-state index in [2.05, 4.69) is 25.9 Å². The van der Waals surface area contributed by atoms with Gasteiger partial charge in [0.05, 0.1) is 31.2 Å². The van der Waals surface area contributed by atoms with E-state index >= 15 is 0 Å². The first-order valence-corrected chi connectivity index (χ1v) is 9.55. The van der Waals surface area contributed by atoms with E-state index < -0.39 is 0 Å². The van der Waals surface area contributed by atoms with Crippen molar-refractivity contribution in [2.75, 3.05) is 20.8 Å². The number of aryl methyl sites for hydroxylation is 1. The molecule has 0 saturated carbocycles. The van der Waals surface area contributed by atoms with Crippen LogP contribution in [0, 0.1) is 6.92 Å². The zero-order valence-corrected chi connectivity index (χ0v) is 16.9. The molecule has 0 fully saturated rings. The number of fused-ring (bicyclic) bond motifs is 1. The Kier molecular flexibility index (Phi) is 5.31. The first-order chi connectivity index (χ1) is 14.1. The Bertz CT molecular complexity index is 1080. The number of nitrogens with zero attached hydrogens (tertiary/aromatic N) is 3. The number of hydrogen-bond donors (Lipinski definition) is 1. The molecule has 150 valence electrons. The molecular formula is C22H24N4O3. The second-order valence-corrected chi connectivity index (χ2v) is 7.16. The van der Waals surface area contributed by atoms with Crippen molar-refractivity contribution in [1.29, 1.82) is 0 Å². The Hall–Kier alpha value is -3.19. The lowest BCUT2D eigenvalue weighted by Crippen LogP contribution is -2.35. The lowest BCUT2D eigenvalue weighted by Gasteiger charge is -2.27. The van der Waals surface area contributed by atoms with Crippen molar-refractivity contribution in [2.45, 2.75) is 26.4 Å². The van der Waals surface area contributed by atoms with Gasteiger partial charge in [-0.15, -0.1) is 0 Å². The van der Waals surface area contributed by atoms with Gasteiger partial charge >= 0.3 is 0 Å². The summed E-state index contributed by atoms with van der Waals surface area (Å²) < 4.78 is 10.8. The molecule has 0 unspecified atom stereocenters. The van der Waals surface area contributed by atoms with Crippen molar-refractivity contribution in [3.05, 3.63) is 69.5 Å². The van der Waals surface area contributed by atoms with Crippen molar-refractivity contribution in [3.63, 3.8) is 0 Å². The van der Waals surface area contributed by atoms with Crippen molar-refractivity contribution in [3.8, 4) is 22.8 Å². The standard InChI is InChI=1S/C22H24N4O3/c1-14-24-20-8-9-26(13-18(20)22(27)25-14)12-15-4-6-19(23-11-15)17-10-16(28-2)5-7-21(17)29-3/h4-7,10-11H,8-9,12-13H2,1-3H3,(H,24,25,27). The Morgan fingerprint density at radius 1 is 1.17 bits per heavy atom. The first-order valence-electron chi connectivity index (χ1n) is 9.55. The maximum Gasteiger partial charge on any atom is 0.255 e. The average molecular weight is 392 g/mol. The summed E-state index contributed by atoms with van der Waals surface area (Å²) in [5.74, 6) is 2.18. The summed E-state index contributed by atoms with van der Waals surface area (Å²) in [6, 6.07) is 9.71. The van der Waals surface area contributed by atoms with Crippen molar-refractivity contribution in [2.24, 2.45) is 0 Å². The number of rotatable bonds is 5. The van der Waals surface area contributed by atoms with E-state index in [-0.39, 0.29) is 5.56 Å². The van der Waals surface area contributed by atoms with E-state index in [1.807, 2.05) is 37.4 Å². The summed E-state index contributed by atoms with van der Waals surface area (Å²) in [6.45, 7) is 4.02. The molecule has 0 amide bonds. The average Bonchev–Trinajstić information content (AvgIpc) is 2.74. The predicted octanol–water partition coefficient (Wildman–Crippen LogP) is 2.72. The Morgan fingerprint density at radius 2 is 2.03 bits per heavy atom. The van der Waals surface area contributed by atoms with Gasteiger partial charge in [-0.3, -0.25) is 14.7 Å². The zero-order valence-electron chi connectivity index (χ0n) is 16.9. The number of aromatic amines is 1. The molecule has 4 rings (SSSR count). The molecule has 1 aliphatic rings. The van der Waals surface area contributed by atoms with Crippen LogP contribution in [0.4, 0.5) is 0 Å². The molecule has 0 radical (unpaired) electrons. The highest BCUT2D eigenvalue weighted by molar-refractivity contribution is 5.69. The smallest absolute Gasteiger partial charge is 0.255 e. The van der Waals surface area contributed by atoms with Gasteiger partial charge in [0.2, 0.25) is 0 Å². The number of nitrogens with one attached hydrogen (secondary N) is 1. The van der Waals surface area contributed by atoms with Crippen molar-refractivity contribution < 1.29 is 9.47 Å². The van der Waals surface area contributed by atoms with Gasteiger partial charge < -0.3 is 14.5 Å². The molecule has 29 heavy (non-hydrogen) atoms. The summed E-state index contributed by atoms with van der Waals surface area (Å²) in [5, 5.41) is 0. The van der Waals surface area contributed by atoms with Gasteiger partial charge in [-0.05, 0) is 36.8 Å². The van der Waals surface area contributed by atoms with Gasteiger partial charge in [-0.25, -0.2) is 4.98 Å². The summed E-state index contributed by atoms with van der Waals surface area (Å²) in [7, 11) is 3.28. The minimum absolute atomic E-state index is 0.0317. The number of benzene rings is 1. The van der Waals surface area contributed by atoms with Crippen LogP contribution in [0.5, 0.6) is 11.5 Å². The quantitative estimate of drug-likeness (QED) is 0.719. The van der Waals surface area contributed by atoms with Gasteiger partial charge in [0.1, 0.15) is 17.3 Å². The third-order valence-electron chi connectivity index (χ3n) is 5.18. The Morgan fingerprint density at radius 3 is 2.76 bits per heavy atom. The van der Waals surface area contributed by atoms with Crippen molar-refractivity contribution in [1.82, 2.24) is 19.9 Å².